The van der Waals surface area contributed by atoms with Gasteiger partial charge in [-0.2, -0.15) is 0 Å². The topological polar surface area (TPSA) is 113 Å². The van der Waals surface area contributed by atoms with Gasteiger partial charge in [0, 0.05) is 50.3 Å². The monoisotopic (exact) mass is 456 g/mol. The molecule has 3 aliphatic heterocycles. The van der Waals surface area contributed by atoms with Crippen molar-refractivity contribution in [1.29, 1.82) is 0 Å². The molecule has 178 valence electrons. The van der Waals surface area contributed by atoms with Gasteiger partial charge >= 0.3 is 0 Å². The largest absolute Gasteiger partial charge is 0.394 e. The number of fused-ring (bicyclic) bond motifs is 1. The molecule has 9 heteroatoms. The van der Waals surface area contributed by atoms with E-state index in [4.69, 9.17) is 0 Å². The van der Waals surface area contributed by atoms with Crippen LogP contribution in [0.2, 0.25) is 0 Å². The van der Waals surface area contributed by atoms with Crippen LogP contribution < -0.4 is 15.1 Å². The Morgan fingerprint density at radius 2 is 2.12 bits per heavy atom. The summed E-state index contributed by atoms with van der Waals surface area (Å²) in [6.07, 6.45) is 5.21. The smallest absolute Gasteiger partial charge is 0.264 e. The van der Waals surface area contributed by atoms with Gasteiger partial charge in [0.25, 0.3) is 5.91 Å². The molecule has 3 atom stereocenters. The van der Waals surface area contributed by atoms with E-state index in [0.717, 1.165) is 12.8 Å². The maximum absolute atomic E-state index is 13.1. The second-order valence-corrected chi connectivity index (χ2v) is 9.04. The number of benzene rings is 1. The molecular formula is C24H32N4O5. The van der Waals surface area contributed by atoms with Gasteiger partial charge in [-0.05, 0) is 31.0 Å². The summed E-state index contributed by atoms with van der Waals surface area (Å²) in [6, 6.07) is 5.16. The molecule has 4 rings (SSSR count). The lowest BCUT2D eigenvalue weighted by Gasteiger charge is -2.30. The molecular weight excluding hydrogens is 424 g/mol. The molecule has 9 nitrogen and oxygen atoms in total. The van der Waals surface area contributed by atoms with Gasteiger partial charge in [0.1, 0.15) is 0 Å². The second-order valence-electron chi connectivity index (χ2n) is 9.04. The van der Waals surface area contributed by atoms with Crippen molar-refractivity contribution in [2.45, 2.75) is 37.8 Å². The fourth-order valence-electron chi connectivity index (χ4n) is 5.07. The predicted molar refractivity (Wildman–Crippen MR) is 124 cm³/mol. The number of amides is 3. The molecule has 2 saturated heterocycles. The minimum Gasteiger partial charge on any atom is -0.394 e. The van der Waals surface area contributed by atoms with Crippen LogP contribution in [-0.4, -0.2) is 78.7 Å². The zero-order valence-corrected chi connectivity index (χ0v) is 19.2. The third-order valence-electron chi connectivity index (χ3n) is 7.07. The van der Waals surface area contributed by atoms with Crippen molar-refractivity contribution in [3.8, 4) is 0 Å². The number of rotatable bonds is 6. The molecule has 0 spiro atoms. The lowest BCUT2D eigenvalue weighted by Crippen LogP contribution is -2.48. The Balaban J connectivity index is 1.55. The second kappa shape index (κ2) is 9.24. The number of likely N-dealkylation sites (tertiary alicyclic amines) is 1. The third kappa shape index (κ3) is 4.05. The summed E-state index contributed by atoms with van der Waals surface area (Å²) in [5, 5.41) is 24.1. The van der Waals surface area contributed by atoms with E-state index in [1.165, 1.54) is 4.90 Å². The predicted octanol–water partition coefficient (Wildman–Crippen LogP) is 0.353. The number of nitrogens with one attached hydrogen (secondary N) is 1. The Labute approximate surface area is 193 Å². The lowest BCUT2D eigenvalue weighted by molar-refractivity contribution is -0.139. The van der Waals surface area contributed by atoms with E-state index >= 15 is 0 Å². The molecule has 0 unspecified atom stereocenters. The number of anilines is 2. The Hall–Kier alpha value is -2.75. The number of piperazine rings is 1. The first-order valence-corrected chi connectivity index (χ1v) is 11.5. The molecule has 1 aromatic carbocycles. The number of aliphatic hydroxyl groups is 2. The van der Waals surface area contributed by atoms with Crippen LogP contribution in [0.3, 0.4) is 0 Å². The molecule has 3 heterocycles. The SMILES string of the molecule is C[C@H](/C=C/CC(=O)N1CCC[C@H]1CO)[C@@]1(O)C(=O)N(C)c2ccc(N3CCNCC3=O)cc21. The zero-order valence-electron chi connectivity index (χ0n) is 19.2. The highest BCUT2D eigenvalue weighted by Crippen LogP contribution is 2.46. The van der Waals surface area contributed by atoms with Crippen molar-refractivity contribution in [3.05, 3.63) is 35.9 Å². The number of carbonyl (C=O) groups excluding carboxylic acids is 3. The zero-order chi connectivity index (χ0) is 23.8. The van der Waals surface area contributed by atoms with Gasteiger partial charge in [-0.3, -0.25) is 14.4 Å². The van der Waals surface area contributed by atoms with Crippen LogP contribution in [0.15, 0.2) is 30.4 Å². The summed E-state index contributed by atoms with van der Waals surface area (Å²) >= 11 is 0. The van der Waals surface area contributed by atoms with Crippen LogP contribution in [0.5, 0.6) is 0 Å². The number of carbonyl (C=O) groups is 3. The molecule has 0 bridgehead atoms. The molecule has 33 heavy (non-hydrogen) atoms. The Kier molecular flexibility index (Phi) is 6.56. The van der Waals surface area contributed by atoms with Crippen molar-refractivity contribution in [2.24, 2.45) is 5.92 Å². The number of aliphatic hydroxyl groups excluding tert-OH is 1. The molecule has 3 aliphatic rings. The van der Waals surface area contributed by atoms with Crippen LogP contribution in [0.4, 0.5) is 11.4 Å². The highest BCUT2D eigenvalue weighted by Gasteiger charge is 2.51. The quantitative estimate of drug-likeness (QED) is 0.533. The molecule has 1 aromatic rings. The maximum Gasteiger partial charge on any atom is 0.264 e. The van der Waals surface area contributed by atoms with E-state index in [1.54, 1.807) is 54.1 Å². The van der Waals surface area contributed by atoms with E-state index in [0.29, 0.717) is 36.6 Å². The first-order chi connectivity index (χ1) is 15.8. The van der Waals surface area contributed by atoms with Crippen LogP contribution in [0, 0.1) is 5.92 Å². The molecule has 0 radical (unpaired) electrons. The van der Waals surface area contributed by atoms with E-state index in [9.17, 15) is 24.6 Å². The van der Waals surface area contributed by atoms with Crippen LogP contribution >= 0.6 is 0 Å². The lowest BCUT2D eigenvalue weighted by atomic mass is 9.82. The van der Waals surface area contributed by atoms with Gasteiger partial charge in [0.2, 0.25) is 11.8 Å². The van der Waals surface area contributed by atoms with Gasteiger partial charge in [-0.1, -0.05) is 19.1 Å². The van der Waals surface area contributed by atoms with Crippen molar-refractivity contribution < 1.29 is 24.6 Å². The number of likely N-dealkylation sites (N-methyl/N-ethyl adjacent to an activating group) is 1. The molecule has 2 fully saturated rings. The first kappa shape index (κ1) is 23.4. The Bertz CT molecular complexity index is 980. The number of hydrogen-bond donors (Lipinski definition) is 3. The fraction of sp³-hybridized carbons (Fsp3) is 0.542. The van der Waals surface area contributed by atoms with E-state index in [-0.39, 0.29) is 37.4 Å². The number of hydrogen-bond acceptors (Lipinski definition) is 6. The van der Waals surface area contributed by atoms with Crippen molar-refractivity contribution in [1.82, 2.24) is 10.2 Å². The Morgan fingerprint density at radius 3 is 2.85 bits per heavy atom. The third-order valence-corrected chi connectivity index (χ3v) is 7.07. The molecule has 0 aliphatic carbocycles. The van der Waals surface area contributed by atoms with Crippen LogP contribution in [0.25, 0.3) is 0 Å². The summed E-state index contributed by atoms with van der Waals surface area (Å²) in [6.45, 7) is 3.79. The average molecular weight is 457 g/mol. The standard InChI is InChI=1S/C24H32N4O5/c1-16(5-3-7-21(30)27-11-4-6-18(27)15-29)24(33)19-13-17(28-12-10-25-14-22(28)31)8-9-20(19)26(2)23(24)32/h3,5,8-9,13,16,18,25,29,33H,4,6-7,10-12,14-15H2,1-2H3/b5-3+/t16-,18+,24+/m1/s1. The normalized spacial score (nSPS) is 26.4. The summed E-state index contributed by atoms with van der Waals surface area (Å²) in [4.78, 5) is 42.8. The van der Waals surface area contributed by atoms with E-state index in [2.05, 4.69) is 5.32 Å². The highest BCUT2D eigenvalue weighted by molar-refractivity contribution is 6.07. The summed E-state index contributed by atoms with van der Waals surface area (Å²) < 4.78 is 0. The maximum atomic E-state index is 13.1. The minimum atomic E-state index is -1.79. The molecule has 0 aromatic heterocycles. The summed E-state index contributed by atoms with van der Waals surface area (Å²) in [7, 11) is 1.62. The van der Waals surface area contributed by atoms with Crippen molar-refractivity contribution in [3.63, 3.8) is 0 Å². The van der Waals surface area contributed by atoms with E-state index in [1.807, 2.05) is 0 Å². The van der Waals surface area contributed by atoms with Gasteiger partial charge in [-0.25, -0.2) is 0 Å². The van der Waals surface area contributed by atoms with E-state index < -0.39 is 17.4 Å². The first-order valence-electron chi connectivity index (χ1n) is 11.5. The van der Waals surface area contributed by atoms with Gasteiger partial charge in [-0.15, -0.1) is 0 Å². The minimum absolute atomic E-state index is 0.0405. The van der Waals surface area contributed by atoms with Crippen LogP contribution in [0.1, 0.15) is 31.7 Å². The van der Waals surface area contributed by atoms with Gasteiger partial charge in [0.05, 0.1) is 24.9 Å². The number of nitrogens with zero attached hydrogens (tertiary/aromatic N) is 3. The Morgan fingerprint density at radius 1 is 1.33 bits per heavy atom. The van der Waals surface area contributed by atoms with Gasteiger partial charge < -0.3 is 30.2 Å². The summed E-state index contributed by atoms with van der Waals surface area (Å²) in [5.74, 6) is -1.17. The van der Waals surface area contributed by atoms with Crippen molar-refractivity contribution in [2.75, 3.05) is 49.6 Å². The summed E-state index contributed by atoms with van der Waals surface area (Å²) in [5.41, 5.74) is -0.0784. The molecule has 3 amide bonds. The average Bonchev–Trinajstić information content (AvgIpc) is 3.37. The fourth-order valence-corrected chi connectivity index (χ4v) is 5.07. The molecule has 3 N–H and O–H groups in total. The van der Waals surface area contributed by atoms with Crippen molar-refractivity contribution >= 4 is 29.1 Å². The molecule has 0 saturated carbocycles. The van der Waals surface area contributed by atoms with Gasteiger partial charge in [0.15, 0.2) is 5.60 Å². The van der Waals surface area contributed by atoms with Crippen LogP contribution in [-0.2, 0) is 20.0 Å². The highest BCUT2D eigenvalue weighted by atomic mass is 16.3.